The van der Waals surface area contributed by atoms with Crippen molar-refractivity contribution in [1.29, 1.82) is 0 Å². The second-order valence-corrected chi connectivity index (χ2v) is 7.66. The molecule has 7 nitrogen and oxygen atoms in total. The maximum absolute atomic E-state index is 13.0. The van der Waals surface area contributed by atoms with Crippen LogP contribution in [0.4, 0.5) is 10.1 Å². The molecule has 0 aliphatic carbocycles. The minimum Gasteiger partial charge on any atom is -0.345 e. The number of nitrogens with one attached hydrogen (secondary N) is 2. The van der Waals surface area contributed by atoms with Crippen molar-refractivity contribution in [2.75, 3.05) is 11.1 Å². The fraction of sp³-hybridized carbons (Fsp3) is 0.273. The highest BCUT2D eigenvalue weighted by Crippen LogP contribution is 2.18. The van der Waals surface area contributed by atoms with Crippen LogP contribution in [0.25, 0.3) is 0 Å². The molecule has 0 bridgehead atoms. The van der Waals surface area contributed by atoms with E-state index in [4.69, 9.17) is 0 Å². The van der Waals surface area contributed by atoms with Crippen molar-refractivity contribution in [2.45, 2.75) is 38.5 Å². The molecule has 3 rings (SSSR count). The van der Waals surface area contributed by atoms with Crippen molar-refractivity contribution < 1.29 is 14.0 Å². The van der Waals surface area contributed by atoms with Gasteiger partial charge >= 0.3 is 0 Å². The standard InChI is InChI=1S/C22H24FN5O2S/c1-3-15-5-11-18(12-6-15)25-20(29)14-31-22-27-26-19(28(22)4-2)13-24-21(30)16-7-9-17(23)10-8-16/h5-12H,3-4,13-14H2,1-2H3,(H,24,30)(H,25,29). The summed E-state index contributed by atoms with van der Waals surface area (Å²) in [5.74, 6) is -0.0864. The Morgan fingerprint density at radius 1 is 1.03 bits per heavy atom. The minimum absolute atomic E-state index is 0.133. The molecule has 1 heterocycles. The largest absolute Gasteiger partial charge is 0.345 e. The molecule has 2 amide bonds. The van der Waals surface area contributed by atoms with Crippen LogP contribution >= 0.6 is 11.8 Å². The zero-order valence-corrected chi connectivity index (χ0v) is 18.2. The Hall–Kier alpha value is -3.20. The van der Waals surface area contributed by atoms with Crippen molar-refractivity contribution in [2.24, 2.45) is 0 Å². The maximum Gasteiger partial charge on any atom is 0.251 e. The number of halogens is 1. The van der Waals surface area contributed by atoms with Crippen molar-refractivity contribution in [3.05, 3.63) is 71.3 Å². The van der Waals surface area contributed by atoms with Gasteiger partial charge in [0.2, 0.25) is 5.91 Å². The summed E-state index contributed by atoms with van der Waals surface area (Å²) in [5, 5.41) is 14.5. The lowest BCUT2D eigenvalue weighted by Crippen LogP contribution is -2.24. The third-order valence-corrected chi connectivity index (χ3v) is 5.57. The molecule has 2 N–H and O–H groups in total. The van der Waals surface area contributed by atoms with Gasteiger partial charge < -0.3 is 15.2 Å². The highest BCUT2D eigenvalue weighted by Gasteiger charge is 2.14. The number of benzene rings is 2. The molecule has 9 heteroatoms. The van der Waals surface area contributed by atoms with E-state index < -0.39 is 5.82 Å². The number of nitrogens with zero attached hydrogens (tertiary/aromatic N) is 3. The maximum atomic E-state index is 13.0. The Kier molecular flexibility index (Phi) is 7.77. The quantitative estimate of drug-likeness (QED) is 0.495. The molecule has 0 saturated heterocycles. The summed E-state index contributed by atoms with van der Waals surface area (Å²) in [6.07, 6.45) is 0.948. The summed E-state index contributed by atoms with van der Waals surface area (Å²) in [6, 6.07) is 13.1. The van der Waals surface area contributed by atoms with Gasteiger partial charge in [-0.25, -0.2) is 4.39 Å². The molecular formula is C22H24FN5O2S. The number of aromatic nitrogens is 3. The molecular weight excluding hydrogens is 417 g/mol. The minimum atomic E-state index is -0.397. The number of hydrogen-bond donors (Lipinski definition) is 2. The third kappa shape index (κ3) is 6.14. The van der Waals surface area contributed by atoms with Crippen molar-refractivity contribution in [3.8, 4) is 0 Å². The van der Waals surface area contributed by atoms with Crippen LogP contribution in [-0.4, -0.2) is 32.3 Å². The fourth-order valence-corrected chi connectivity index (χ4v) is 3.71. The van der Waals surface area contributed by atoms with E-state index in [9.17, 15) is 14.0 Å². The first kappa shape index (κ1) is 22.5. The molecule has 0 fully saturated rings. The lowest BCUT2D eigenvalue weighted by Gasteiger charge is -2.09. The van der Waals surface area contributed by atoms with Gasteiger partial charge in [-0.05, 0) is 55.3 Å². The first-order valence-corrected chi connectivity index (χ1v) is 11.0. The van der Waals surface area contributed by atoms with Crippen LogP contribution in [0.2, 0.25) is 0 Å². The highest BCUT2D eigenvalue weighted by atomic mass is 32.2. The van der Waals surface area contributed by atoms with Gasteiger partial charge in [-0.1, -0.05) is 30.8 Å². The predicted octanol–water partition coefficient (Wildman–Crippen LogP) is 3.66. The third-order valence-electron chi connectivity index (χ3n) is 4.60. The number of carbonyl (C=O) groups excluding carboxylic acids is 2. The average Bonchev–Trinajstić information content (AvgIpc) is 3.18. The number of amides is 2. The first-order valence-electron chi connectivity index (χ1n) is 9.97. The van der Waals surface area contributed by atoms with Crippen LogP contribution in [0.15, 0.2) is 53.7 Å². The Labute approximate surface area is 184 Å². The van der Waals surface area contributed by atoms with E-state index in [-0.39, 0.29) is 24.1 Å². The van der Waals surface area contributed by atoms with Gasteiger partial charge in [0.15, 0.2) is 11.0 Å². The first-order chi connectivity index (χ1) is 15.0. The highest BCUT2D eigenvalue weighted by molar-refractivity contribution is 7.99. The molecule has 0 radical (unpaired) electrons. The van der Waals surface area contributed by atoms with E-state index in [2.05, 4.69) is 27.8 Å². The van der Waals surface area contributed by atoms with Gasteiger partial charge in [-0.15, -0.1) is 10.2 Å². The van der Waals surface area contributed by atoms with Crippen LogP contribution in [-0.2, 0) is 24.3 Å². The second kappa shape index (κ2) is 10.7. The Bertz CT molecular complexity index is 1040. The van der Waals surface area contributed by atoms with Crippen LogP contribution in [0, 0.1) is 5.82 Å². The zero-order chi connectivity index (χ0) is 22.2. The molecule has 2 aromatic carbocycles. The van der Waals surface area contributed by atoms with Crippen LogP contribution in [0.5, 0.6) is 0 Å². The van der Waals surface area contributed by atoms with Crippen molar-refractivity contribution in [1.82, 2.24) is 20.1 Å². The predicted molar refractivity (Wildman–Crippen MR) is 118 cm³/mol. The van der Waals surface area contributed by atoms with E-state index in [0.717, 1.165) is 12.1 Å². The van der Waals surface area contributed by atoms with Gasteiger partial charge in [0.1, 0.15) is 5.82 Å². The Morgan fingerprint density at radius 3 is 2.39 bits per heavy atom. The summed E-state index contributed by atoms with van der Waals surface area (Å²) in [4.78, 5) is 24.5. The number of aryl methyl sites for hydroxylation is 1. The van der Waals surface area contributed by atoms with Gasteiger partial charge in [-0.3, -0.25) is 9.59 Å². The summed E-state index contributed by atoms with van der Waals surface area (Å²) in [7, 11) is 0. The molecule has 162 valence electrons. The van der Waals surface area contributed by atoms with E-state index in [0.29, 0.717) is 23.1 Å². The summed E-state index contributed by atoms with van der Waals surface area (Å²) in [6.45, 7) is 4.79. The monoisotopic (exact) mass is 441 g/mol. The van der Waals surface area contributed by atoms with Gasteiger partial charge in [0, 0.05) is 17.8 Å². The summed E-state index contributed by atoms with van der Waals surface area (Å²) < 4.78 is 14.8. The van der Waals surface area contributed by atoms with E-state index >= 15 is 0 Å². The molecule has 0 atom stereocenters. The van der Waals surface area contributed by atoms with E-state index in [1.807, 2.05) is 35.8 Å². The topological polar surface area (TPSA) is 88.9 Å². The SMILES string of the molecule is CCc1ccc(NC(=O)CSc2nnc(CNC(=O)c3ccc(F)cc3)n2CC)cc1. The molecule has 0 aliphatic rings. The molecule has 0 saturated carbocycles. The fourth-order valence-electron chi connectivity index (χ4n) is 2.89. The molecule has 31 heavy (non-hydrogen) atoms. The number of thioether (sulfide) groups is 1. The molecule has 0 spiro atoms. The van der Waals surface area contributed by atoms with Crippen LogP contribution in [0.1, 0.15) is 35.6 Å². The number of hydrogen-bond acceptors (Lipinski definition) is 5. The normalized spacial score (nSPS) is 10.7. The van der Waals surface area contributed by atoms with Gasteiger partial charge in [0.05, 0.1) is 12.3 Å². The van der Waals surface area contributed by atoms with E-state index in [1.54, 1.807) is 0 Å². The number of anilines is 1. The average molecular weight is 442 g/mol. The Morgan fingerprint density at radius 2 is 1.74 bits per heavy atom. The summed E-state index contributed by atoms with van der Waals surface area (Å²) in [5.41, 5.74) is 2.33. The molecule has 1 aromatic heterocycles. The Balaban J connectivity index is 1.54. The smallest absolute Gasteiger partial charge is 0.251 e. The lowest BCUT2D eigenvalue weighted by atomic mass is 10.1. The lowest BCUT2D eigenvalue weighted by molar-refractivity contribution is -0.113. The second-order valence-electron chi connectivity index (χ2n) is 6.72. The van der Waals surface area contributed by atoms with Crippen LogP contribution in [0.3, 0.4) is 0 Å². The van der Waals surface area contributed by atoms with Crippen LogP contribution < -0.4 is 10.6 Å². The van der Waals surface area contributed by atoms with E-state index in [1.165, 1.54) is 41.6 Å². The van der Waals surface area contributed by atoms with Crippen molar-refractivity contribution >= 4 is 29.3 Å². The van der Waals surface area contributed by atoms with Crippen molar-refractivity contribution in [3.63, 3.8) is 0 Å². The molecule has 3 aromatic rings. The number of carbonyl (C=O) groups is 2. The zero-order valence-electron chi connectivity index (χ0n) is 17.4. The molecule has 0 aliphatic heterocycles. The molecule has 0 unspecified atom stereocenters. The van der Waals surface area contributed by atoms with Gasteiger partial charge in [0.25, 0.3) is 5.91 Å². The van der Waals surface area contributed by atoms with Gasteiger partial charge in [-0.2, -0.15) is 0 Å². The summed E-state index contributed by atoms with van der Waals surface area (Å²) >= 11 is 1.28. The number of rotatable bonds is 9.